The molecule has 2 rings (SSSR count). The molecule has 18 heavy (non-hydrogen) atoms. The number of aryl methyl sites for hydroxylation is 1. The van der Waals surface area contributed by atoms with Crippen molar-refractivity contribution >= 4 is 5.78 Å². The van der Waals surface area contributed by atoms with Crippen molar-refractivity contribution in [2.75, 3.05) is 20.1 Å². The van der Waals surface area contributed by atoms with Gasteiger partial charge in [-0.05, 0) is 32.7 Å². The first kappa shape index (κ1) is 13.2. The average molecular weight is 247 g/mol. The smallest absolute Gasteiger partial charge is 0.176 e. The summed E-state index contributed by atoms with van der Waals surface area (Å²) in [5.74, 6) is 0.716. The van der Waals surface area contributed by atoms with E-state index >= 15 is 0 Å². The van der Waals surface area contributed by atoms with Crippen molar-refractivity contribution in [3.63, 3.8) is 0 Å². The third kappa shape index (κ3) is 3.40. The summed E-state index contributed by atoms with van der Waals surface area (Å²) in [5, 5.41) is 9.23. The summed E-state index contributed by atoms with van der Waals surface area (Å²) in [7, 11) is 1.97. The van der Waals surface area contributed by atoms with E-state index in [1.54, 1.807) is 0 Å². The van der Waals surface area contributed by atoms with Gasteiger partial charge in [0, 0.05) is 12.1 Å². The van der Waals surface area contributed by atoms with E-state index < -0.39 is 0 Å². The predicted octanol–water partition coefficient (Wildman–Crippen LogP) is 1.88. The monoisotopic (exact) mass is 247 g/mol. The predicted molar refractivity (Wildman–Crippen MR) is 71.7 cm³/mol. The first-order chi connectivity index (χ1) is 8.54. The molecule has 0 amide bonds. The summed E-state index contributed by atoms with van der Waals surface area (Å²) in [6.07, 6.45) is 1.64. The van der Waals surface area contributed by atoms with E-state index in [0.717, 1.165) is 24.9 Å². The van der Waals surface area contributed by atoms with Crippen molar-refractivity contribution in [3.05, 3.63) is 35.4 Å². The SMILES string of the molecule is Cc1ccc(C(=O)CN(C)CC2CC(O)C2)cc1. The largest absolute Gasteiger partial charge is 0.393 e. The minimum Gasteiger partial charge on any atom is -0.393 e. The van der Waals surface area contributed by atoms with Crippen molar-refractivity contribution in [2.24, 2.45) is 5.92 Å². The number of rotatable bonds is 5. The van der Waals surface area contributed by atoms with Crippen molar-refractivity contribution in [3.8, 4) is 0 Å². The first-order valence-corrected chi connectivity index (χ1v) is 6.51. The Morgan fingerprint density at radius 2 is 1.94 bits per heavy atom. The van der Waals surface area contributed by atoms with Crippen molar-refractivity contribution < 1.29 is 9.90 Å². The minimum atomic E-state index is -0.115. The van der Waals surface area contributed by atoms with Crippen LogP contribution in [-0.4, -0.2) is 42.0 Å². The first-order valence-electron chi connectivity index (χ1n) is 6.51. The number of likely N-dealkylation sites (N-methyl/N-ethyl adjacent to an activating group) is 1. The van der Waals surface area contributed by atoms with Gasteiger partial charge in [0.25, 0.3) is 0 Å². The van der Waals surface area contributed by atoms with E-state index in [0.29, 0.717) is 12.5 Å². The second-order valence-corrected chi connectivity index (χ2v) is 5.48. The van der Waals surface area contributed by atoms with E-state index in [9.17, 15) is 9.90 Å². The number of aliphatic hydroxyl groups excluding tert-OH is 1. The molecule has 98 valence electrons. The minimum absolute atomic E-state index is 0.115. The van der Waals surface area contributed by atoms with E-state index in [4.69, 9.17) is 0 Å². The zero-order valence-corrected chi connectivity index (χ0v) is 11.1. The molecule has 1 aliphatic carbocycles. The molecule has 1 N–H and O–H groups in total. The molecule has 0 spiro atoms. The van der Waals surface area contributed by atoms with Gasteiger partial charge < -0.3 is 5.11 Å². The van der Waals surface area contributed by atoms with Crippen LogP contribution in [0.25, 0.3) is 0 Å². The third-order valence-corrected chi connectivity index (χ3v) is 3.57. The highest BCUT2D eigenvalue weighted by Gasteiger charge is 2.28. The number of ketones is 1. The summed E-state index contributed by atoms with van der Waals surface area (Å²) in [6.45, 7) is 3.37. The van der Waals surface area contributed by atoms with Crippen LogP contribution in [0.15, 0.2) is 24.3 Å². The Hall–Kier alpha value is -1.19. The summed E-state index contributed by atoms with van der Waals surface area (Å²) >= 11 is 0. The molecule has 0 unspecified atom stereocenters. The molecule has 1 aliphatic rings. The van der Waals surface area contributed by atoms with Crippen LogP contribution in [0.1, 0.15) is 28.8 Å². The maximum atomic E-state index is 12.0. The molecule has 0 atom stereocenters. The van der Waals surface area contributed by atoms with Gasteiger partial charge in [-0.25, -0.2) is 0 Å². The summed E-state index contributed by atoms with van der Waals surface area (Å²) in [5.41, 5.74) is 1.95. The molecule has 0 aliphatic heterocycles. The topological polar surface area (TPSA) is 40.5 Å². The number of benzene rings is 1. The Morgan fingerprint density at radius 3 is 2.50 bits per heavy atom. The number of aliphatic hydroxyl groups is 1. The molecule has 0 heterocycles. The van der Waals surface area contributed by atoms with E-state index in [-0.39, 0.29) is 11.9 Å². The van der Waals surface area contributed by atoms with Crippen molar-refractivity contribution in [2.45, 2.75) is 25.9 Å². The normalized spacial score (nSPS) is 22.9. The van der Waals surface area contributed by atoms with Crippen LogP contribution in [0.5, 0.6) is 0 Å². The Kier molecular flexibility index (Phi) is 4.15. The van der Waals surface area contributed by atoms with Gasteiger partial charge in [-0.15, -0.1) is 0 Å². The number of carbonyl (C=O) groups is 1. The van der Waals surface area contributed by atoms with E-state index in [1.807, 2.05) is 38.2 Å². The lowest BCUT2D eigenvalue weighted by atomic mass is 9.82. The molecule has 0 bridgehead atoms. The Bertz CT molecular complexity index is 407. The zero-order valence-electron chi connectivity index (χ0n) is 11.1. The highest BCUT2D eigenvalue weighted by atomic mass is 16.3. The van der Waals surface area contributed by atoms with Gasteiger partial charge in [0.15, 0.2) is 5.78 Å². The highest BCUT2D eigenvalue weighted by Crippen LogP contribution is 2.27. The van der Waals surface area contributed by atoms with Crippen LogP contribution < -0.4 is 0 Å². The van der Waals surface area contributed by atoms with Gasteiger partial charge in [0.05, 0.1) is 12.6 Å². The number of nitrogens with zero attached hydrogens (tertiary/aromatic N) is 1. The van der Waals surface area contributed by atoms with Gasteiger partial charge in [-0.1, -0.05) is 29.8 Å². The second kappa shape index (κ2) is 5.63. The molecule has 0 saturated heterocycles. The number of hydrogen-bond donors (Lipinski definition) is 1. The third-order valence-electron chi connectivity index (χ3n) is 3.57. The van der Waals surface area contributed by atoms with Crippen LogP contribution in [-0.2, 0) is 0 Å². The molecular formula is C15H21NO2. The molecule has 3 nitrogen and oxygen atoms in total. The Labute approximate surface area is 108 Å². The van der Waals surface area contributed by atoms with Crippen LogP contribution >= 0.6 is 0 Å². The quantitative estimate of drug-likeness (QED) is 0.808. The fraction of sp³-hybridized carbons (Fsp3) is 0.533. The van der Waals surface area contributed by atoms with E-state index in [2.05, 4.69) is 4.90 Å². The molecule has 1 aromatic carbocycles. The molecule has 3 heteroatoms. The molecule has 1 aromatic rings. The number of carbonyl (C=O) groups excluding carboxylic acids is 1. The van der Waals surface area contributed by atoms with Crippen LogP contribution in [0.2, 0.25) is 0 Å². The van der Waals surface area contributed by atoms with Crippen LogP contribution in [0.4, 0.5) is 0 Å². The lowest BCUT2D eigenvalue weighted by molar-refractivity contribution is 0.0286. The van der Waals surface area contributed by atoms with Gasteiger partial charge in [-0.3, -0.25) is 9.69 Å². The van der Waals surface area contributed by atoms with Crippen LogP contribution in [0.3, 0.4) is 0 Å². The fourth-order valence-electron chi connectivity index (χ4n) is 2.43. The summed E-state index contributed by atoms with van der Waals surface area (Å²) in [4.78, 5) is 14.1. The van der Waals surface area contributed by atoms with Gasteiger partial charge in [-0.2, -0.15) is 0 Å². The van der Waals surface area contributed by atoms with E-state index in [1.165, 1.54) is 5.56 Å². The van der Waals surface area contributed by atoms with Gasteiger partial charge >= 0.3 is 0 Å². The molecule has 0 aromatic heterocycles. The molecule has 0 radical (unpaired) electrons. The standard InChI is InChI=1S/C15H21NO2/c1-11-3-5-13(6-4-11)15(18)10-16(2)9-12-7-14(17)8-12/h3-6,12,14,17H,7-10H2,1-2H3. The zero-order chi connectivity index (χ0) is 13.1. The maximum Gasteiger partial charge on any atom is 0.176 e. The Morgan fingerprint density at radius 1 is 1.33 bits per heavy atom. The lowest BCUT2D eigenvalue weighted by Crippen LogP contribution is -2.38. The molecule has 1 fully saturated rings. The van der Waals surface area contributed by atoms with Crippen LogP contribution in [0, 0.1) is 12.8 Å². The summed E-state index contributed by atoms with van der Waals surface area (Å²) < 4.78 is 0. The van der Waals surface area contributed by atoms with Crippen molar-refractivity contribution in [1.82, 2.24) is 4.90 Å². The second-order valence-electron chi connectivity index (χ2n) is 5.48. The van der Waals surface area contributed by atoms with Crippen molar-refractivity contribution in [1.29, 1.82) is 0 Å². The Balaban J connectivity index is 1.81. The lowest BCUT2D eigenvalue weighted by Gasteiger charge is -2.34. The average Bonchev–Trinajstić information content (AvgIpc) is 2.27. The number of hydrogen-bond acceptors (Lipinski definition) is 3. The summed E-state index contributed by atoms with van der Waals surface area (Å²) in [6, 6.07) is 7.71. The highest BCUT2D eigenvalue weighted by molar-refractivity contribution is 5.97. The fourth-order valence-corrected chi connectivity index (χ4v) is 2.43. The number of Topliss-reactive ketones (excluding diaryl/α,β-unsaturated/α-hetero) is 1. The van der Waals surface area contributed by atoms with Gasteiger partial charge in [0.2, 0.25) is 0 Å². The molecule has 1 saturated carbocycles. The molecular weight excluding hydrogens is 226 g/mol. The van der Waals surface area contributed by atoms with Gasteiger partial charge in [0.1, 0.15) is 0 Å². The maximum absolute atomic E-state index is 12.0.